The van der Waals surface area contributed by atoms with Crippen LogP contribution in [0.15, 0.2) is 48.5 Å². The monoisotopic (exact) mass is 503 g/mol. The van der Waals surface area contributed by atoms with E-state index in [0.29, 0.717) is 44.6 Å². The fourth-order valence-corrected chi connectivity index (χ4v) is 4.46. The summed E-state index contributed by atoms with van der Waals surface area (Å²) in [6.07, 6.45) is -3.49. The first-order valence-corrected chi connectivity index (χ1v) is 12.2. The lowest BCUT2D eigenvalue weighted by Gasteiger charge is -2.37. The number of aryl methyl sites for hydroxylation is 1. The minimum atomic E-state index is -4.46. The van der Waals surface area contributed by atoms with Crippen LogP contribution in [0.25, 0.3) is 0 Å². The molecule has 194 valence electrons. The third-order valence-corrected chi connectivity index (χ3v) is 6.70. The summed E-state index contributed by atoms with van der Waals surface area (Å²) in [6, 6.07) is 10.5. The van der Waals surface area contributed by atoms with E-state index in [4.69, 9.17) is 0 Å². The predicted molar refractivity (Wildman–Crippen MR) is 130 cm³/mol. The third kappa shape index (κ3) is 6.44. The number of hydrogen-bond acceptors (Lipinski definition) is 3. The molecule has 0 aromatic heterocycles. The topological polar surface area (TPSA) is 69.7 Å². The minimum Gasteiger partial charge on any atom is -0.341 e. The number of rotatable bonds is 7. The maximum atomic E-state index is 13.3. The van der Waals surface area contributed by atoms with E-state index >= 15 is 0 Å². The highest BCUT2D eigenvalue weighted by Crippen LogP contribution is 2.30. The summed E-state index contributed by atoms with van der Waals surface area (Å²) in [4.78, 5) is 42.4. The van der Waals surface area contributed by atoms with E-state index in [1.165, 1.54) is 12.1 Å². The van der Waals surface area contributed by atoms with Gasteiger partial charge < -0.3 is 15.1 Å². The number of hydrogen-bond donors (Lipinski definition) is 1. The number of amides is 3. The van der Waals surface area contributed by atoms with Crippen molar-refractivity contribution in [3.05, 3.63) is 70.8 Å². The molecule has 2 aromatic carbocycles. The maximum Gasteiger partial charge on any atom is 0.416 e. The molecule has 3 amide bonds. The first-order chi connectivity index (χ1) is 17.0. The Kier molecular flexibility index (Phi) is 8.76. The Hall–Kier alpha value is -3.36. The number of carbonyl (C=O) groups excluding carboxylic acids is 3. The second-order valence-corrected chi connectivity index (χ2v) is 9.03. The molecule has 0 spiro atoms. The molecular formula is C27H32F3N3O3. The lowest BCUT2D eigenvalue weighted by Crippen LogP contribution is -2.54. The molecule has 1 aliphatic heterocycles. The molecule has 0 bridgehead atoms. The molecule has 9 heteroatoms. The lowest BCUT2D eigenvalue weighted by atomic mass is 9.87. The van der Waals surface area contributed by atoms with E-state index in [2.05, 4.69) is 5.32 Å². The molecule has 1 N–H and O–H groups in total. The molecule has 0 saturated carbocycles. The molecule has 1 unspecified atom stereocenters. The Bertz CT molecular complexity index is 1060. The van der Waals surface area contributed by atoms with Gasteiger partial charge in [0.2, 0.25) is 5.91 Å². The number of benzene rings is 2. The first kappa shape index (κ1) is 27.2. The fraction of sp³-hybridized carbons (Fsp3) is 0.444. The van der Waals surface area contributed by atoms with Crippen molar-refractivity contribution in [3.8, 4) is 0 Å². The van der Waals surface area contributed by atoms with Gasteiger partial charge >= 0.3 is 6.18 Å². The Morgan fingerprint density at radius 1 is 0.944 bits per heavy atom. The van der Waals surface area contributed by atoms with Crippen molar-refractivity contribution in [1.29, 1.82) is 0 Å². The van der Waals surface area contributed by atoms with E-state index in [0.717, 1.165) is 17.7 Å². The van der Waals surface area contributed by atoms with E-state index in [1.54, 1.807) is 21.9 Å². The Balaban J connectivity index is 1.71. The van der Waals surface area contributed by atoms with Crippen molar-refractivity contribution < 1.29 is 27.6 Å². The van der Waals surface area contributed by atoms with Gasteiger partial charge in [-0.05, 0) is 75.9 Å². The fourth-order valence-electron chi connectivity index (χ4n) is 4.46. The molecule has 6 nitrogen and oxygen atoms in total. The highest BCUT2D eigenvalue weighted by Gasteiger charge is 2.36. The number of likely N-dealkylation sites (N-methyl/N-ethyl adjacent to an activating group) is 1. The van der Waals surface area contributed by atoms with E-state index in [9.17, 15) is 27.6 Å². The predicted octanol–water partition coefficient (Wildman–Crippen LogP) is 4.53. The van der Waals surface area contributed by atoms with E-state index in [1.807, 2.05) is 32.9 Å². The summed E-state index contributed by atoms with van der Waals surface area (Å²) < 4.78 is 38.5. The molecule has 1 aliphatic rings. The zero-order valence-corrected chi connectivity index (χ0v) is 20.8. The van der Waals surface area contributed by atoms with Crippen molar-refractivity contribution in [3.63, 3.8) is 0 Å². The van der Waals surface area contributed by atoms with Crippen LogP contribution < -0.4 is 5.32 Å². The van der Waals surface area contributed by atoms with E-state index in [-0.39, 0.29) is 29.2 Å². The third-order valence-electron chi connectivity index (χ3n) is 6.70. The van der Waals surface area contributed by atoms with Gasteiger partial charge in [0.1, 0.15) is 6.04 Å². The summed E-state index contributed by atoms with van der Waals surface area (Å²) in [5, 5.41) is 2.93. The number of likely N-dealkylation sites (tertiary alicyclic amines) is 1. The molecule has 2 aromatic rings. The summed E-state index contributed by atoms with van der Waals surface area (Å²) in [6.45, 7) is 7.39. The second-order valence-electron chi connectivity index (χ2n) is 9.03. The van der Waals surface area contributed by atoms with Crippen molar-refractivity contribution in [2.24, 2.45) is 5.92 Å². The van der Waals surface area contributed by atoms with Crippen LogP contribution in [-0.4, -0.2) is 59.7 Å². The molecule has 0 radical (unpaired) electrons. The van der Waals surface area contributed by atoms with Gasteiger partial charge in [0.25, 0.3) is 11.8 Å². The standard InChI is InChI=1S/C27H32F3N3O3/c1-4-32(5-2)26(36)23(31-24(34)20-8-6-18(3)7-9-20)19-14-16-33(17-15-19)25(35)21-10-12-22(13-11-21)27(28,29)30/h6-13,19,23H,4-5,14-17H2,1-3H3,(H,31,34). The lowest BCUT2D eigenvalue weighted by molar-refractivity contribution is -0.137. The maximum absolute atomic E-state index is 13.3. The number of alkyl halides is 3. The van der Waals surface area contributed by atoms with Gasteiger partial charge in [-0.1, -0.05) is 17.7 Å². The van der Waals surface area contributed by atoms with E-state index < -0.39 is 17.8 Å². The Morgan fingerprint density at radius 3 is 1.97 bits per heavy atom. The van der Waals surface area contributed by atoms with Crippen molar-refractivity contribution in [2.45, 2.75) is 45.8 Å². The van der Waals surface area contributed by atoms with Crippen molar-refractivity contribution in [1.82, 2.24) is 15.1 Å². The van der Waals surface area contributed by atoms with Crippen LogP contribution in [0.3, 0.4) is 0 Å². The normalized spacial score (nSPS) is 15.3. The Labute approximate surface area is 209 Å². The average molecular weight is 504 g/mol. The molecule has 1 heterocycles. The average Bonchev–Trinajstić information content (AvgIpc) is 2.87. The molecule has 1 fully saturated rings. The van der Waals surface area contributed by atoms with Gasteiger partial charge in [-0.15, -0.1) is 0 Å². The number of carbonyl (C=O) groups is 3. The zero-order chi connectivity index (χ0) is 26.5. The summed E-state index contributed by atoms with van der Waals surface area (Å²) in [5.74, 6) is -1.02. The molecule has 3 rings (SSSR count). The largest absolute Gasteiger partial charge is 0.416 e. The highest BCUT2D eigenvalue weighted by atomic mass is 19.4. The smallest absolute Gasteiger partial charge is 0.341 e. The molecule has 1 saturated heterocycles. The zero-order valence-electron chi connectivity index (χ0n) is 20.8. The summed E-state index contributed by atoms with van der Waals surface area (Å²) >= 11 is 0. The first-order valence-electron chi connectivity index (χ1n) is 12.2. The quantitative estimate of drug-likeness (QED) is 0.604. The van der Waals surface area contributed by atoms with Crippen LogP contribution in [0.1, 0.15) is 58.5 Å². The van der Waals surface area contributed by atoms with Gasteiger partial charge in [0.05, 0.1) is 5.56 Å². The van der Waals surface area contributed by atoms with Crippen molar-refractivity contribution >= 4 is 17.7 Å². The van der Waals surface area contributed by atoms with Gasteiger partial charge in [-0.3, -0.25) is 14.4 Å². The van der Waals surface area contributed by atoms with Crippen LogP contribution in [0.5, 0.6) is 0 Å². The van der Waals surface area contributed by atoms with Crippen LogP contribution in [-0.2, 0) is 11.0 Å². The molecular weight excluding hydrogens is 471 g/mol. The number of piperidine rings is 1. The molecule has 1 atom stereocenters. The van der Waals surface area contributed by atoms with Crippen molar-refractivity contribution in [2.75, 3.05) is 26.2 Å². The minimum absolute atomic E-state index is 0.159. The Morgan fingerprint density at radius 2 is 1.47 bits per heavy atom. The molecule has 36 heavy (non-hydrogen) atoms. The van der Waals surface area contributed by atoms with Gasteiger partial charge in [-0.2, -0.15) is 13.2 Å². The van der Waals surface area contributed by atoms with Gasteiger partial charge in [0, 0.05) is 37.3 Å². The van der Waals surface area contributed by atoms with Crippen LogP contribution in [0.2, 0.25) is 0 Å². The van der Waals surface area contributed by atoms with Crippen LogP contribution >= 0.6 is 0 Å². The molecule has 0 aliphatic carbocycles. The van der Waals surface area contributed by atoms with Crippen LogP contribution in [0.4, 0.5) is 13.2 Å². The summed E-state index contributed by atoms with van der Waals surface area (Å²) in [5.41, 5.74) is 0.866. The number of nitrogens with zero attached hydrogens (tertiary/aromatic N) is 2. The SMILES string of the molecule is CCN(CC)C(=O)C(NC(=O)c1ccc(C)cc1)C1CCN(C(=O)c2ccc(C(F)(F)F)cc2)CC1. The van der Waals surface area contributed by atoms with Gasteiger partial charge in [-0.25, -0.2) is 0 Å². The van der Waals surface area contributed by atoms with Crippen LogP contribution in [0, 0.1) is 12.8 Å². The summed E-state index contributed by atoms with van der Waals surface area (Å²) in [7, 11) is 0. The second kappa shape index (κ2) is 11.6. The number of nitrogens with one attached hydrogen (secondary N) is 1. The number of halogens is 3. The van der Waals surface area contributed by atoms with Gasteiger partial charge in [0.15, 0.2) is 0 Å². The highest BCUT2D eigenvalue weighted by molar-refractivity contribution is 5.98.